The van der Waals surface area contributed by atoms with Crippen LogP contribution in [0, 0.1) is 11.3 Å². The predicted octanol–water partition coefficient (Wildman–Crippen LogP) is 2.05. The molecule has 0 unspecified atom stereocenters. The van der Waals surface area contributed by atoms with Crippen molar-refractivity contribution >= 4 is 15.7 Å². The van der Waals surface area contributed by atoms with Gasteiger partial charge in [-0.1, -0.05) is 0 Å². The summed E-state index contributed by atoms with van der Waals surface area (Å²) >= 11 is 0. The fourth-order valence-corrected chi connectivity index (χ4v) is 3.01. The molecule has 2 aromatic carbocycles. The van der Waals surface area contributed by atoms with Crippen molar-refractivity contribution in [1.29, 1.82) is 5.26 Å². The molecule has 0 saturated carbocycles. The quantitative estimate of drug-likeness (QED) is 0.277. The van der Waals surface area contributed by atoms with Crippen molar-refractivity contribution < 1.29 is 26.3 Å². The lowest BCUT2D eigenvalue weighted by Crippen LogP contribution is -2.24. The van der Waals surface area contributed by atoms with E-state index < -0.39 is 21.6 Å². The van der Waals surface area contributed by atoms with E-state index >= 15 is 0 Å². The Labute approximate surface area is 164 Å². The van der Waals surface area contributed by atoms with E-state index in [1.54, 1.807) is 6.07 Å². The van der Waals surface area contributed by atoms with Gasteiger partial charge in [0.05, 0.1) is 16.0 Å². The molecule has 12 heteroatoms. The van der Waals surface area contributed by atoms with E-state index in [1.807, 2.05) is 5.53 Å². The molecule has 2 aromatic rings. The molecule has 0 atom stereocenters. The van der Waals surface area contributed by atoms with Gasteiger partial charge in [0.2, 0.25) is 0 Å². The van der Waals surface area contributed by atoms with Crippen LogP contribution in [0.15, 0.2) is 46.4 Å². The van der Waals surface area contributed by atoms with Gasteiger partial charge in [-0.05, 0) is 42.0 Å². The van der Waals surface area contributed by atoms with E-state index in [0.717, 1.165) is 24.5 Å². The molecular formula is C17H16F3N5O3S. The van der Waals surface area contributed by atoms with Gasteiger partial charge in [0.1, 0.15) is 23.4 Å². The van der Waals surface area contributed by atoms with E-state index in [4.69, 9.17) is 16.3 Å². The van der Waals surface area contributed by atoms with Crippen LogP contribution in [-0.2, 0) is 22.4 Å². The second-order valence-electron chi connectivity index (χ2n) is 5.92. The van der Waals surface area contributed by atoms with Crippen molar-refractivity contribution in [2.24, 2.45) is 16.7 Å². The van der Waals surface area contributed by atoms with Crippen LogP contribution in [0.5, 0.6) is 11.5 Å². The molecule has 0 aliphatic rings. The van der Waals surface area contributed by atoms with Gasteiger partial charge in [-0.25, -0.2) is 19.8 Å². The van der Waals surface area contributed by atoms with E-state index in [-0.39, 0.29) is 39.8 Å². The predicted molar refractivity (Wildman–Crippen MR) is 98.4 cm³/mol. The molecule has 29 heavy (non-hydrogen) atoms. The average molecular weight is 427 g/mol. The van der Waals surface area contributed by atoms with Crippen molar-refractivity contribution in [2.75, 3.05) is 6.26 Å². The number of alkyl halides is 3. The molecule has 2 rings (SSSR count). The van der Waals surface area contributed by atoms with Gasteiger partial charge in [-0.3, -0.25) is 0 Å². The summed E-state index contributed by atoms with van der Waals surface area (Å²) in [5.41, 5.74) is 6.50. The number of nitrogens with one attached hydrogen (secondary N) is 1. The number of benzene rings is 2. The van der Waals surface area contributed by atoms with E-state index in [0.29, 0.717) is 0 Å². The number of nitriles is 1. The van der Waals surface area contributed by atoms with Crippen LogP contribution in [0.1, 0.15) is 16.7 Å². The van der Waals surface area contributed by atoms with Gasteiger partial charge in [-0.2, -0.15) is 23.5 Å². The maximum Gasteiger partial charge on any atom is 0.416 e. The van der Waals surface area contributed by atoms with Gasteiger partial charge in [-0.15, -0.1) is 0 Å². The molecule has 0 radical (unpaired) electrons. The highest BCUT2D eigenvalue weighted by molar-refractivity contribution is 7.90. The van der Waals surface area contributed by atoms with Gasteiger partial charge in [0, 0.05) is 12.7 Å². The molecule has 0 bridgehead atoms. The highest BCUT2D eigenvalue weighted by Crippen LogP contribution is 2.35. The van der Waals surface area contributed by atoms with E-state index in [1.165, 1.54) is 18.2 Å². The number of hydrazone groups is 1. The topological polar surface area (TPSA) is 144 Å². The molecule has 0 aliphatic carbocycles. The van der Waals surface area contributed by atoms with Crippen LogP contribution < -0.4 is 21.8 Å². The summed E-state index contributed by atoms with van der Waals surface area (Å²) in [6.45, 7) is 0. The zero-order valence-corrected chi connectivity index (χ0v) is 15.8. The van der Waals surface area contributed by atoms with Crippen LogP contribution in [0.2, 0.25) is 0 Å². The Balaban J connectivity index is 2.49. The SMILES string of the molecule is CS(=O)(=O)c1ccc(Oc2cc(C/C(N)=N/NN)cc(C(F)(F)F)c2)c(C#N)c1. The number of hydrazine groups is 1. The third-order valence-electron chi connectivity index (χ3n) is 3.61. The maximum atomic E-state index is 13.2. The number of sulfone groups is 1. The summed E-state index contributed by atoms with van der Waals surface area (Å²) < 4.78 is 68.4. The maximum absolute atomic E-state index is 13.2. The summed E-state index contributed by atoms with van der Waals surface area (Å²) in [6.07, 6.45) is -3.85. The lowest BCUT2D eigenvalue weighted by molar-refractivity contribution is -0.137. The highest BCUT2D eigenvalue weighted by Gasteiger charge is 2.31. The second-order valence-corrected chi connectivity index (χ2v) is 7.93. The Hall–Kier alpha value is -3.30. The molecule has 0 fully saturated rings. The van der Waals surface area contributed by atoms with Crippen LogP contribution >= 0.6 is 0 Å². The monoisotopic (exact) mass is 427 g/mol. The summed E-state index contributed by atoms with van der Waals surface area (Å²) in [7, 11) is -3.58. The molecule has 0 saturated heterocycles. The molecule has 0 amide bonds. The molecule has 8 nitrogen and oxygen atoms in total. The Morgan fingerprint density at radius 2 is 1.97 bits per heavy atom. The van der Waals surface area contributed by atoms with E-state index in [9.17, 15) is 26.9 Å². The molecule has 5 N–H and O–H groups in total. The van der Waals surface area contributed by atoms with Gasteiger partial charge in [0.25, 0.3) is 0 Å². The third kappa shape index (κ3) is 5.84. The second kappa shape index (κ2) is 8.38. The molecule has 0 spiro atoms. The molecule has 0 aromatic heterocycles. The first-order valence-corrected chi connectivity index (χ1v) is 9.74. The van der Waals surface area contributed by atoms with Crippen LogP contribution in [0.25, 0.3) is 0 Å². The fraction of sp³-hybridized carbons (Fsp3) is 0.176. The first-order chi connectivity index (χ1) is 13.4. The highest BCUT2D eigenvalue weighted by atomic mass is 32.2. The minimum atomic E-state index is -4.66. The lowest BCUT2D eigenvalue weighted by atomic mass is 10.1. The van der Waals surface area contributed by atoms with Crippen molar-refractivity contribution in [3.63, 3.8) is 0 Å². The Morgan fingerprint density at radius 3 is 2.52 bits per heavy atom. The third-order valence-corrected chi connectivity index (χ3v) is 4.72. The lowest BCUT2D eigenvalue weighted by Gasteiger charge is -2.14. The van der Waals surface area contributed by atoms with Crippen LogP contribution in [0.3, 0.4) is 0 Å². The average Bonchev–Trinajstić information content (AvgIpc) is 2.60. The van der Waals surface area contributed by atoms with Crippen LogP contribution in [0.4, 0.5) is 13.2 Å². The number of ether oxygens (including phenoxy) is 1. The van der Waals surface area contributed by atoms with Crippen molar-refractivity contribution in [1.82, 2.24) is 5.53 Å². The Morgan fingerprint density at radius 1 is 1.28 bits per heavy atom. The number of hydrogen-bond donors (Lipinski definition) is 3. The van der Waals surface area contributed by atoms with E-state index in [2.05, 4.69) is 5.10 Å². The number of halogens is 3. The first-order valence-electron chi connectivity index (χ1n) is 7.85. The Kier molecular flexibility index (Phi) is 6.35. The smallest absolute Gasteiger partial charge is 0.416 e. The zero-order valence-electron chi connectivity index (χ0n) is 15.0. The molecule has 0 heterocycles. The Bertz CT molecular complexity index is 1090. The number of rotatable bonds is 6. The summed E-state index contributed by atoms with van der Waals surface area (Å²) in [6, 6.07) is 8.16. The molecular weight excluding hydrogens is 411 g/mol. The number of nitrogens with zero attached hydrogens (tertiary/aromatic N) is 2. The van der Waals surface area contributed by atoms with Gasteiger partial charge < -0.3 is 10.5 Å². The minimum Gasteiger partial charge on any atom is -0.456 e. The summed E-state index contributed by atoms with van der Waals surface area (Å²) in [4.78, 5) is -0.121. The number of amidine groups is 1. The largest absolute Gasteiger partial charge is 0.456 e. The number of hydrogen-bond acceptors (Lipinski definition) is 7. The number of nitrogens with two attached hydrogens (primary N) is 2. The van der Waals surface area contributed by atoms with Gasteiger partial charge >= 0.3 is 6.18 Å². The zero-order chi connectivity index (χ0) is 21.8. The van der Waals surface area contributed by atoms with Crippen molar-refractivity contribution in [2.45, 2.75) is 17.5 Å². The minimum absolute atomic E-state index is 0.0620. The van der Waals surface area contributed by atoms with Crippen molar-refractivity contribution in [3.05, 3.63) is 53.1 Å². The first kappa shape index (κ1) is 22.0. The van der Waals surface area contributed by atoms with Crippen LogP contribution in [-0.4, -0.2) is 20.5 Å². The van der Waals surface area contributed by atoms with Gasteiger partial charge in [0.15, 0.2) is 9.84 Å². The fourth-order valence-electron chi connectivity index (χ4n) is 2.36. The standard InChI is InChI=1S/C17H16F3N5O3S/c1-29(26,27)14-2-3-15(11(7-14)9-21)28-13-5-10(6-16(22)24-25-23)4-12(8-13)17(18,19)20/h2-5,7-8,25H,6,23H2,1H3,(H2,22,24). The summed E-state index contributed by atoms with van der Waals surface area (Å²) in [5.74, 6) is 4.61. The van der Waals surface area contributed by atoms with Crippen molar-refractivity contribution in [3.8, 4) is 17.6 Å². The molecule has 0 aliphatic heterocycles. The molecule has 154 valence electrons. The normalized spacial score (nSPS) is 12.3. The summed E-state index contributed by atoms with van der Waals surface area (Å²) in [5, 5.41) is 12.7.